The fourth-order valence-corrected chi connectivity index (χ4v) is 3.93. The summed E-state index contributed by atoms with van der Waals surface area (Å²) in [7, 11) is 0. The Morgan fingerprint density at radius 1 is 1.13 bits per heavy atom. The highest BCUT2D eigenvalue weighted by molar-refractivity contribution is 6.32. The summed E-state index contributed by atoms with van der Waals surface area (Å²) in [5.41, 5.74) is 1.06. The molecule has 2 N–H and O–H groups in total. The van der Waals surface area contributed by atoms with Gasteiger partial charge in [-0.25, -0.2) is 9.67 Å². The van der Waals surface area contributed by atoms with Gasteiger partial charge in [0.15, 0.2) is 11.6 Å². The van der Waals surface area contributed by atoms with Crippen molar-refractivity contribution in [2.45, 2.75) is 40.7 Å². The van der Waals surface area contributed by atoms with Crippen LogP contribution in [-0.4, -0.2) is 32.6 Å². The zero-order valence-electron chi connectivity index (χ0n) is 21.5. The lowest BCUT2D eigenvalue weighted by Crippen LogP contribution is -2.41. The molecule has 0 aliphatic carbocycles. The number of benzene rings is 1. The van der Waals surface area contributed by atoms with Crippen LogP contribution >= 0.6 is 23.2 Å². The second-order valence-corrected chi connectivity index (χ2v) is 10.7. The normalized spacial score (nSPS) is 12.2. The van der Waals surface area contributed by atoms with Crippen molar-refractivity contribution in [2.75, 3.05) is 5.32 Å². The molecule has 2 amide bonds. The van der Waals surface area contributed by atoms with Crippen molar-refractivity contribution >= 4 is 40.7 Å². The highest BCUT2D eigenvalue weighted by atomic mass is 35.5. The minimum atomic E-state index is -0.565. The molecule has 1 aromatic carbocycles. The van der Waals surface area contributed by atoms with E-state index in [2.05, 4.69) is 20.7 Å². The first kappa shape index (κ1) is 27.2. The second-order valence-electron chi connectivity index (χ2n) is 9.81. The minimum absolute atomic E-state index is 0.0767. The van der Waals surface area contributed by atoms with Crippen LogP contribution in [-0.2, 0) is 0 Å². The van der Waals surface area contributed by atoms with Crippen molar-refractivity contribution in [1.29, 1.82) is 0 Å². The van der Waals surface area contributed by atoms with Crippen LogP contribution in [0.5, 0.6) is 11.6 Å². The molecule has 38 heavy (non-hydrogen) atoms. The lowest BCUT2D eigenvalue weighted by atomic mass is 9.88. The molecule has 0 saturated heterocycles. The summed E-state index contributed by atoms with van der Waals surface area (Å²) >= 11 is 12.6. The average Bonchev–Trinajstić information content (AvgIpc) is 3.50. The lowest BCUT2D eigenvalue weighted by molar-refractivity contribution is 0.0911. The van der Waals surface area contributed by atoms with Gasteiger partial charge in [0, 0.05) is 29.4 Å². The van der Waals surface area contributed by atoms with Crippen molar-refractivity contribution in [1.82, 2.24) is 20.1 Å². The number of ether oxygens (including phenoxy) is 1. The van der Waals surface area contributed by atoms with Crippen LogP contribution in [0, 0.1) is 12.3 Å². The maximum Gasteiger partial charge on any atom is 0.274 e. The van der Waals surface area contributed by atoms with Gasteiger partial charge in [0.05, 0.1) is 22.5 Å². The Bertz CT molecular complexity index is 1480. The molecule has 4 rings (SSSR count). The molecule has 0 aliphatic heterocycles. The van der Waals surface area contributed by atoms with Gasteiger partial charge in [-0.15, -0.1) is 5.10 Å². The molecule has 0 fully saturated rings. The third-order valence-electron chi connectivity index (χ3n) is 6.01. The Labute approximate surface area is 230 Å². The van der Waals surface area contributed by atoms with E-state index in [0.29, 0.717) is 22.0 Å². The van der Waals surface area contributed by atoms with Gasteiger partial charge in [0.25, 0.3) is 11.8 Å². The molecule has 11 heteroatoms. The highest BCUT2D eigenvalue weighted by Gasteiger charge is 2.26. The summed E-state index contributed by atoms with van der Waals surface area (Å²) in [5.74, 6) is -0.188. The van der Waals surface area contributed by atoms with Crippen LogP contribution in [0.25, 0.3) is 5.82 Å². The number of pyridine rings is 1. The second kappa shape index (κ2) is 10.9. The van der Waals surface area contributed by atoms with E-state index in [0.717, 1.165) is 0 Å². The number of anilines is 1. The number of nitrogens with zero attached hydrogens (tertiary/aromatic N) is 3. The number of rotatable bonds is 7. The Morgan fingerprint density at radius 3 is 2.55 bits per heavy atom. The van der Waals surface area contributed by atoms with Crippen molar-refractivity contribution in [3.8, 4) is 17.4 Å². The molecule has 1 unspecified atom stereocenters. The number of hydrogen-bond acceptors (Lipinski definition) is 6. The van der Waals surface area contributed by atoms with Crippen molar-refractivity contribution in [2.24, 2.45) is 5.41 Å². The fourth-order valence-electron chi connectivity index (χ4n) is 3.45. The number of nitrogens with one attached hydrogen (secondary N) is 2. The summed E-state index contributed by atoms with van der Waals surface area (Å²) < 4.78 is 12.0. The van der Waals surface area contributed by atoms with Gasteiger partial charge in [-0.1, -0.05) is 44.0 Å². The van der Waals surface area contributed by atoms with E-state index in [-0.39, 0.29) is 45.3 Å². The maximum absolute atomic E-state index is 13.6. The van der Waals surface area contributed by atoms with Gasteiger partial charge in [0.1, 0.15) is 12.0 Å². The first-order valence-corrected chi connectivity index (χ1v) is 12.5. The summed E-state index contributed by atoms with van der Waals surface area (Å²) in [5, 5.41) is 10.9. The van der Waals surface area contributed by atoms with Gasteiger partial charge < -0.3 is 19.8 Å². The summed E-state index contributed by atoms with van der Waals surface area (Å²) in [6.07, 6.45) is 4.38. The predicted molar refractivity (Wildman–Crippen MR) is 146 cm³/mol. The average molecular weight is 556 g/mol. The molecular weight excluding hydrogens is 529 g/mol. The topological polar surface area (TPSA) is 111 Å². The molecule has 3 heterocycles. The van der Waals surface area contributed by atoms with E-state index in [9.17, 15) is 9.59 Å². The number of halogens is 2. The zero-order chi connectivity index (χ0) is 27.6. The Kier molecular flexibility index (Phi) is 7.80. The molecule has 1 atom stereocenters. The van der Waals surface area contributed by atoms with E-state index in [1.165, 1.54) is 35.5 Å². The third-order valence-corrected chi connectivity index (χ3v) is 6.52. The Hall–Kier alpha value is -3.82. The largest absolute Gasteiger partial charge is 0.469 e. The molecule has 0 aliphatic rings. The predicted octanol–water partition coefficient (Wildman–Crippen LogP) is 6.68. The number of furan rings is 1. The van der Waals surface area contributed by atoms with Gasteiger partial charge in [-0.2, -0.15) is 0 Å². The third kappa shape index (κ3) is 6.00. The highest BCUT2D eigenvalue weighted by Crippen LogP contribution is 2.30. The minimum Gasteiger partial charge on any atom is -0.469 e. The number of aryl methyl sites for hydroxylation is 1. The van der Waals surface area contributed by atoms with Crippen LogP contribution in [0.3, 0.4) is 0 Å². The van der Waals surface area contributed by atoms with E-state index >= 15 is 0 Å². The first-order chi connectivity index (χ1) is 17.9. The van der Waals surface area contributed by atoms with Gasteiger partial charge in [0.2, 0.25) is 5.88 Å². The summed E-state index contributed by atoms with van der Waals surface area (Å²) in [4.78, 5) is 31.2. The molecule has 0 spiro atoms. The first-order valence-electron chi connectivity index (χ1n) is 11.8. The SMILES string of the molecule is Cc1cc(Cl)cc(C(=O)NC(C)C(C)(C)C)c1NC(=O)c1cc(Oc2ccoc2)nn1-c1ncccc1Cl. The van der Waals surface area contributed by atoms with Gasteiger partial charge in [-0.05, 0) is 49.1 Å². The van der Waals surface area contributed by atoms with Crippen molar-refractivity contribution < 1.29 is 18.7 Å². The number of carbonyl (C=O) groups is 2. The van der Waals surface area contributed by atoms with E-state index in [1.807, 2.05) is 27.7 Å². The number of amides is 2. The van der Waals surface area contributed by atoms with Gasteiger partial charge >= 0.3 is 0 Å². The zero-order valence-corrected chi connectivity index (χ0v) is 23.0. The van der Waals surface area contributed by atoms with Crippen LogP contribution < -0.4 is 15.4 Å². The monoisotopic (exact) mass is 555 g/mol. The van der Waals surface area contributed by atoms with Crippen molar-refractivity contribution in [3.05, 3.63) is 82.0 Å². The number of hydrogen-bond donors (Lipinski definition) is 2. The molecule has 3 aromatic heterocycles. The molecule has 4 aromatic rings. The summed E-state index contributed by atoms with van der Waals surface area (Å²) in [6, 6.07) is 9.39. The number of aromatic nitrogens is 3. The van der Waals surface area contributed by atoms with Crippen molar-refractivity contribution in [3.63, 3.8) is 0 Å². The molecule has 0 saturated carbocycles. The van der Waals surface area contributed by atoms with E-state index in [4.69, 9.17) is 32.4 Å². The standard InChI is InChI=1S/C27H27Cl2N5O4/c1-15-11-17(28)12-19(25(35)31-16(2)27(3,4)5)23(15)32-26(36)21-13-22(38-18-8-10-37-14-18)33-34(21)24-20(29)7-6-9-30-24/h6-14,16H,1-5H3,(H,31,35)(H,32,36). The van der Waals surface area contributed by atoms with E-state index in [1.54, 1.807) is 31.2 Å². The molecule has 198 valence electrons. The quantitative estimate of drug-likeness (QED) is 0.263. The Morgan fingerprint density at radius 2 is 1.89 bits per heavy atom. The maximum atomic E-state index is 13.6. The summed E-state index contributed by atoms with van der Waals surface area (Å²) in [6.45, 7) is 9.75. The van der Waals surface area contributed by atoms with Crippen LogP contribution in [0.1, 0.15) is 54.1 Å². The Balaban J connectivity index is 1.72. The van der Waals surface area contributed by atoms with Crippen LogP contribution in [0.4, 0.5) is 5.69 Å². The number of carbonyl (C=O) groups excluding carboxylic acids is 2. The lowest BCUT2D eigenvalue weighted by Gasteiger charge is -2.28. The molecular formula is C27H27Cl2N5O4. The smallest absolute Gasteiger partial charge is 0.274 e. The van der Waals surface area contributed by atoms with Crippen LogP contribution in [0.2, 0.25) is 10.0 Å². The van der Waals surface area contributed by atoms with Crippen LogP contribution in [0.15, 0.2) is 59.5 Å². The fraction of sp³-hybridized carbons (Fsp3) is 0.259. The van der Waals surface area contributed by atoms with Gasteiger partial charge in [-0.3, -0.25) is 9.59 Å². The molecule has 9 nitrogen and oxygen atoms in total. The van der Waals surface area contributed by atoms with E-state index < -0.39 is 5.91 Å². The molecule has 0 radical (unpaired) electrons. The molecule has 0 bridgehead atoms.